The Bertz CT molecular complexity index is 561. The van der Waals surface area contributed by atoms with Crippen molar-refractivity contribution in [1.82, 2.24) is 0 Å². The van der Waals surface area contributed by atoms with Gasteiger partial charge in [0.2, 0.25) is 0 Å². The van der Waals surface area contributed by atoms with Crippen molar-refractivity contribution >= 4 is 34.5 Å². The second-order valence-electron chi connectivity index (χ2n) is 3.99. The molecule has 0 aliphatic heterocycles. The van der Waals surface area contributed by atoms with Gasteiger partial charge in [-0.05, 0) is 70.5 Å². The highest BCUT2D eigenvalue weighted by Crippen LogP contribution is 2.20. The minimum Gasteiger partial charge on any atom is -0.507 e. The number of aromatic hydroxyl groups is 1. The normalized spacial score (nSPS) is 11.0. The summed E-state index contributed by atoms with van der Waals surface area (Å²) in [6.45, 7) is 2.14. The van der Waals surface area contributed by atoms with Gasteiger partial charge in [0.05, 0.1) is 9.26 Å². The van der Waals surface area contributed by atoms with E-state index in [9.17, 15) is 5.11 Å². The van der Waals surface area contributed by atoms with Gasteiger partial charge in [-0.3, -0.25) is 4.99 Å². The second kappa shape index (κ2) is 6.00. The smallest absolute Gasteiger partial charge is 0.128 e. The zero-order valence-corrected chi connectivity index (χ0v) is 12.3. The summed E-state index contributed by atoms with van der Waals surface area (Å²) in [5, 5.41) is 9.43. The monoisotopic (exact) mass is 351 g/mol. The molecule has 0 saturated heterocycles. The van der Waals surface area contributed by atoms with Gasteiger partial charge < -0.3 is 5.11 Å². The Kier molecular flexibility index (Phi) is 4.36. The van der Waals surface area contributed by atoms with E-state index < -0.39 is 0 Å². The Morgan fingerprint density at radius 1 is 1.17 bits per heavy atom. The molecule has 2 rings (SSSR count). The van der Waals surface area contributed by atoms with Crippen LogP contribution in [0.2, 0.25) is 0 Å². The van der Waals surface area contributed by atoms with Crippen molar-refractivity contribution in [1.29, 1.82) is 0 Å². The van der Waals surface area contributed by atoms with E-state index in [1.807, 2.05) is 30.5 Å². The van der Waals surface area contributed by atoms with Crippen LogP contribution in [0.5, 0.6) is 5.75 Å². The van der Waals surface area contributed by atoms with Crippen molar-refractivity contribution in [3.63, 3.8) is 0 Å². The molecule has 0 unspecified atom stereocenters. The highest BCUT2D eigenvalue weighted by molar-refractivity contribution is 14.1. The molecule has 1 N–H and O–H groups in total. The molecule has 2 nitrogen and oxygen atoms in total. The van der Waals surface area contributed by atoms with Crippen molar-refractivity contribution in [3.05, 3.63) is 57.2 Å². The summed E-state index contributed by atoms with van der Waals surface area (Å²) in [5.41, 5.74) is 3.24. The van der Waals surface area contributed by atoms with Crippen molar-refractivity contribution in [2.24, 2.45) is 4.99 Å². The van der Waals surface area contributed by atoms with Gasteiger partial charge >= 0.3 is 0 Å². The third-order valence-corrected chi connectivity index (χ3v) is 3.54. The van der Waals surface area contributed by atoms with E-state index >= 15 is 0 Å². The molecule has 0 amide bonds. The topological polar surface area (TPSA) is 32.6 Å². The van der Waals surface area contributed by atoms with E-state index in [2.05, 4.69) is 46.6 Å². The number of phenolic OH excluding ortho intramolecular Hbond substituents is 1. The van der Waals surface area contributed by atoms with Crippen molar-refractivity contribution in [2.75, 3.05) is 0 Å². The van der Waals surface area contributed by atoms with Crippen LogP contribution in [-0.4, -0.2) is 11.3 Å². The summed E-state index contributed by atoms with van der Waals surface area (Å²) in [6, 6.07) is 13.6. The predicted octanol–water partition coefficient (Wildman–Crippen LogP) is 4.31. The molecule has 3 heteroatoms. The first-order valence-electron chi connectivity index (χ1n) is 5.80. The van der Waals surface area contributed by atoms with Gasteiger partial charge in [-0.15, -0.1) is 0 Å². The lowest BCUT2D eigenvalue weighted by Gasteiger charge is -1.99. The number of phenols is 1. The third-order valence-electron chi connectivity index (χ3n) is 2.68. The summed E-state index contributed by atoms with van der Waals surface area (Å²) < 4.78 is 0.831. The van der Waals surface area contributed by atoms with E-state index in [0.717, 1.165) is 21.2 Å². The Morgan fingerprint density at radius 2 is 1.89 bits per heavy atom. The van der Waals surface area contributed by atoms with Gasteiger partial charge in [-0.2, -0.15) is 0 Å². The molecule has 18 heavy (non-hydrogen) atoms. The molecule has 0 aliphatic rings. The highest BCUT2D eigenvalue weighted by Gasteiger charge is 1.97. The molecule has 0 bridgehead atoms. The van der Waals surface area contributed by atoms with Gasteiger partial charge in [-0.25, -0.2) is 0 Å². The summed E-state index contributed by atoms with van der Waals surface area (Å²) in [5.74, 6) is 0.306. The first-order valence-corrected chi connectivity index (χ1v) is 6.88. The molecule has 92 valence electrons. The van der Waals surface area contributed by atoms with Gasteiger partial charge in [-0.1, -0.05) is 19.1 Å². The fourth-order valence-electron chi connectivity index (χ4n) is 1.57. The molecule has 0 heterocycles. The lowest BCUT2D eigenvalue weighted by molar-refractivity contribution is 0.471. The van der Waals surface area contributed by atoms with Crippen molar-refractivity contribution in [3.8, 4) is 5.75 Å². The molecule has 0 spiro atoms. The molecule has 2 aromatic rings. The van der Waals surface area contributed by atoms with Gasteiger partial charge in [0.25, 0.3) is 0 Å². The minimum atomic E-state index is 0.306. The van der Waals surface area contributed by atoms with E-state index in [4.69, 9.17) is 0 Å². The third kappa shape index (κ3) is 3.32. The maximum atomic E-state index is 9.43. The zero-order valence-electron chi connectivity index (χ0n) is 10.1. The average Bonchev–Trinajstić information content (AvgIpc) is 2.41. The molecule has 0 atom stereocenters. The predicted molar refractivity (Wildman–Crippen MR) is 83.9 cm³/mol. The van der Waals surface area contributed by atoms with Crippen LogP contribution in [0, 0.1) is 3.57 Å². The van der Waals surface area contributed by atoms with Crippen molar-refractivity contribution < 1.29 is 5.11 Å². The lowest BCUT2D eigenvalue weighted by Crippen LogP contribution is -1.83. The number of hydrogen-bond donors (Lipinski definition) is 1. The maximum Gasteiger partial charge on any atom is 0.128 e. The fraction of sp³-hybridized carbons (Fsp3) is 0.133. The lowest BCUT2D eigenvalue weighted by atomic mass is 10.1. The van der Waals surface area contributed by atoms with Gasteiger partial charge in [0.1, 0.15) is 5.75 Å². The number of aliphatic imine (C=N–C) groups is 1. The highest BCUT2D eigenvalue weighted by atomic mass is 127. The summed E-state index contributed by atoms with van der Waals surface area (Å²) in [7, 11) is 0. The van der Waals surface area contributed by atoms with Gasteiger partial charge in [0.15, 0.2) is 0 Å². The van der Waals surface area contributed by atoms with E-state index in [1.165, 1.54) is 5.56 Å². The van der Waals surface area contributed by atoms with E-state index in [0.29, 0.717) is 5.75 Å². The molecule has 0 saturated carbocycles. The van der Waals surface area contributed by atoms with Crippen LogP contribution >= 0.6 is 22.6 Å². The van der Waals surface area contributed by atoms with Crippen LogP contribution in [0.15, 0.2) is 47.5 Å². The van der Waals surface area contributed by atoms with Crippen LogP contribution in [0.4, 0.5) is 5.69 Å². The van der Waals surface area contributed by atoms with E-state index in [1.54, 1.807) is 6.07 Å². The number of rotatable bonds is 3. The molecular formula is C15H14INO. The van der Waals surface area contributed by atoms with Gasteiger partial charge in [0, 0.05) is 6.21 Å². The Labute approximate surface area is 121 Å². The number of nitrogens with zero attached hydrogens (tertiary/aromatic N) is 1. The molecule has 0 radical (unpaired) electrons. The number of benzene rings is 2. The summed E-state index contributed by atoms with van der Waals surface area (Å²) in [6.07, 6.45) is 2.85. The molecule has 0 fully saturated rings. The van der Waals surface area contributed by atoms with Crippen LogP contribution in [0.1, 0.15) is 18.1 Å². The molecule has 2 aromatic carbocycles. The Balaban J connectivity index is 2.16. The first kappa shape index (κ1) is 13.1. The number of aryl methyl sites for hydroxylation is 1. The maximum absolute atomic E-state index is 9.43. The molecule has 0 aliphatic carbocycles. The number of halogens is 1. The van der Waals surface area contributed by atoms with Crippen LogP contribution in [0.25, 0.3) is 0 Å². The standard InChI is InChI=1S/C15H14INO/c1-2-11-3-6-13(7-4-11)17-10-12-5-8-15(18)14(16)9-12/h3-10,18H,2H2,1H3. The van der Waals surface area contributed by atoms with Crippen LogP contribution < -0.4 is 0 Å². The van der Waals surface area contributed by atoms with Crippen LogP contribution in [0.3, 0.4) is 0 Å². The molecule has 0 aromatic heterocycles. The first-order chi connectivity index (χ1) is 8.69. The fourth-order valence-corrected chi connectivity index (χ4v) is 2.11. The Hall–Kier alpha value is -1.36. The largest absolute Gasteiger partial charge is 0.507 e. The molecular weight excluding hydrogens is 337 g/mol. The zero-order chi connectivity index (χ0) is 13.0. The quantitative estimate of drug-likeness (QED) is 0.649. The number of hydrogen-bond acceptors (Lipinski definition) is 2. The second-order valence-corrected chi connectivity index (χ2v) is 5.15. The summed E-state index contributed by atoms with van der Waals surface area (Å²) in [4.78, 5) is 4.41. The average molecular weight is 351 g/mol. The minimum absolute atomic E-state index is 0.306. The van der Waals surface area contributed by atoms with E-state index in [-0.39, 0.29) is 0 Å². The summed E-state index contributed by atoms with van der Waals surface area (Å²) >= 11 is 2.10. The SMILES string of the molecule is CCc1ccc(N=Cc2ccc(O)c(I)c2)cc1. The van der Waals surface area contributed by atoms with Crippen LogP contribution in [-0.2, 0) is 6.42 Å². The Morgan fingerprint density at radius 3 is 2.50 bits per heavy atom. The van der Waals surface area contributed by atoms with Crippen molar-refractivity contribution in [2.45, 2.75) is 13.3 Å².